The van der Waals surface area contributed by atoms with Crippen LogP contribution in [0.5, 0.6) is 0 Å². The summed E-state index contributed by atoms with van der Waals surface area (Å²) in [4.78, 5) is 22.8. The summed E-state index contributed by atoms with van der Waals surface area (Å²) in [6, 6.07) is 16.9. The van der Waals surface area contributed by atoms with Crippen LogP contribution in [0.2, 0.25) is 0 Å². The summed E-state index contributed by atoms with van der Waals surface area (Å²) in [7, 11) is 1.73. The van der Waals surface area contributed by atoms with E-state index in [4.69, 9.17) is 0 Å². The molecular weight excluding hydrogens is 380 g/mol. The second kappa shape index (κ2) is 7.44. The number of hydrogen-bond donors (Lipinski definition) is 1. The van der Waals surface area contributed by atoms with Gasteiger partial charge in [0.2, 0.25) is 5.95 Å². The third kappa shape index (κ3) is 4.03. The SMILES string of the molecule is Cc1cc(Br)ccc1Nc1nccc(C(=O)N(C)c2ccccc2)n1. The summed E-state index contributed by atoms with van der Waals surface area (Å²) in [5.74, 6) is 0.196. The highest BCUT2D eigenvalue weighted by Gasteiger charge is 2.15. The Hall–Kier alpha value is -2.73. The first kappa shape index (κ1) is 17.1. The van der Waals surface area contributed by atoms with E-state index in [1.165, 1.54) is 0 Å². The number of nitrogens with one attached hydrogen (secondary N) is 1. The van der Waals surface area contributed by atoms with E-state index >= 15 is 0 Å². The van der Waals surface area contributed by atoms with Gasteiger partial charge < -0.3 is 10.2 Å². The lowest BCUT2D eigenvalue weighted by atomic mass is 10.2. The molecule has 1 heterocycles. The number of aromatic nitrogens is 2. The number of rotatable bonds is 4. The smallest absolute Gasteiger partial charge is 0.276 e. The van der Waals surface area contributed by atoms with Gasteiger partial charge in [0.25, 0.3) is 5.91 Å². The van der Waals surface area contributed by atoms with Gasteiger partial charge in [0.05, 0.1) is 0 Å². The maximum Gasteiger partial charge on any atom is 0.276 e. The van der Waals surface area contributed by atoms with Crippen LogP contribution in [0, 0.1) is 6.92 Å². The zero-order valence-corrected chi connectivity index (χ0v) is 15.5. The van der Waals surface area contributed by atoms with Crippen LogP contribution >= 0.6 is 15.9 Å². The van der Waals surface area contributed by atoms with Gasteiger partial charge in [0.15, 0.2) is 0 Å². The van der Waals surface area contributed by atoms with Crippen LogP contribution in [-0.4, -0.2) is 22.9 Å². The van der Waals surface area contributed by atoms with Gasteiger partial charge in [-0.05, 0) is 48.9 Å². The van der Waals surface area contributed by atoms with Crippen LogP contribution < -0.4 is 10.2 Å². The van der Waals surface area contributed by atoms with Gasteiger partial charge in [-0.2, -0.15) is 0 Å². The van der Waals surface area contributed by atoms with Crippen molar-refractivity contribution in [2.45, 2.75) is 6.92 Å². The molecule has 0 fully saturated rings. The van der Waals surface area contributed by atoms with E-state index in [0.29, 0.717) is 11.6 Å². The van der Waals surface area contributed by atoms with Crippen LogP contribution in [0.15, 0.2) is 65.3 Å². The lowest BCUT2D eigenvalue weighted by Crippen LogP contribution is -2.27. The molecule has 1 aromatic heterocycles. The second-order valence-corrected chi connectivity index (χ2v) is 6.47. The summed E-state index contributed by atoms with van der Waals surface area (Å²) < 4.78 is 1.00. The van der Waals surface area contributed by atoms with E-state index in [-0.39, 0.29) is 5.91 Å². The summed E-state index contributed by atoms with van der Waals surface area (Å²) in [6.45, 7) is 1.99. The first-order valence-corrected chi connectivity index (χ1v) is 8.53. The number of amides is 1. The largest absolute Gasteiger partial charge is 0.324 e. The van der Waals surface area contributed by atoms with E-state index in [1.54, 1.807) is 24.2 Å². The Kier molecular flexibility index (Phi) is 5.09. The van der Waals surface area contributed by atoms with Gasteiger partial charge in [-0.15, -0.1) is 0 Å². The van der Waals surface area contributed by atoms with E-state index < -0.39 is 0 Å². The van der Waals surface area contributed by atoms with Crippen LogP contribution in [0.1, 0.15) is 16.1 Å². The van der Waals surface area contributed by atoms with Gasteiger partial charge in [0.1, 0.15) is 5.69 Å². The predicted molar refractivity (Wildman–Crippen MR) is 103 cm³/mol. The molecule has 2 aromatic carbocycles. The summed E-state index contributed by atoms with van der Waals surface area (Å²) in [5.41, 5.74) is 3.09. The van der Waals surface area contributed by atoms with E-state index in [0.717, 1.165) is 21.4 Å². The highest BCUT2D eigenvalue weighted by atomic mass is 79.9. The molecule has 0 aliphatic heterocycles. The molecule has 3 aromatic rings. The second-order valence-electron chi connectivity index (χ2n) is 5.55. The fraction of sp³-hybridized carbons (Fsp3) is 0.105. The minimum atomic E-state index is -0.191. The standard InChI is InChI=1S/C19H17BrN4O/c1-13-12-14(20)8-9-16(13)22-19-21-11-10-17(23-19)18(25)24(2)15-6-4-3-5-7-15/h3-12H,1-2H3,(H,21,22,23). The van der Waals surface area contributed by atoms with E-state index in [2.05, 4.69) is 31.2 Å². The molecule has 3 rings (SSSR count). The number of carbonyl (C=O) groups is 1. The number of benzene rings is 2. The van der Waals surface area contributed by atoms with Gasteiger partial charge in [-0.3, -0.25) is 4.79 Å². The molecule has 25 heavy (non-hydrogen) atoms. The van der Waals surface area contributed by atoms with Crippen molar-refractivity contribution in [1.29, 1.82) is 0 Å². The molecule has 0 atom stereocenters. The molecule has 0 bridgehead atoms. The minimum Gasteiger partial charge on any atom is -0.324 e. The van der Waals surface area contributed by atoms with Crippen molar-refractivity contribution in [1.82, 2.24) is 9.97 Å². The van der Waals surface area contributed by atoms with Gasteiger partial charge >= 0.3 is 0 Å². The maximum absolute atomic E-state index is 12.7. The van der Waals surface area contributed by atoms with Crippen molar-refractivity contribution in [3.8, 4) is 0 Å². The first-order valence-electron chi connectivity index (χ1n) is 7.74. The molecule has 5 nitrogen and oxygen atoms in total. The lowest BCUT2D eigenvalue weighted by molar-refractivity contribution is 0.0988. The molecule has 6 heteroatoms. The third-order valence-electron chi connectivity index (χ3n) is 3.76. The van der Waals surface area contributed by atoms with Crippen LogP contribution in [0.4, 0.5) is 17.3 Å². The Morgan fingerprint density at radius 2 is 1.88 bits per heavy atom. The van der Waals surface area contributed by atoms with Crippen molar-refractivity contribution >= 4 is 39.2 Å². The Bertz CT molecular complexity index is 899. The monoisotopic (exact) mass is 396 g/mol. The molecule has 0 unspecified atom stereocenters. The van der Waals surface area contributed by atoms with Crippen molar-refractivity contribution < 1.29 is 4.79 Å². The molecule has 0 aliphatic carbocycles. The lowest BCUT2D eigenvalue weighted by Gasteiger charge is -2.17. The predicted octanol–water partition coefficient (Wildman–Crippen LogP) is 4.57. The summed E-state index contributed by atoms with van der Waals surface area (Å²) in [5, 5.41) is 3.16. The Labute approximate surface area is 154 Å². The molecule has 0 saturated heterocycles. The van der Waals surface area contributed by atoms with Crippen molar-refractivity contribution in [2.24, 2.45) is 0 Å². The Morgan fingerprint density at radius 3 is 2.60 bits per heavy atom. The number of nitrogens with zero attached hydrogens (tertiary/aromatic N) is 3. The molecule has 0 spiro atoms. The molecule has 0 aliphatic rings. The summed E-state index contributed by atoms with van der Waals surface area (Å²) in [6.07, 6.45) is 1.58. The number of aryl methyl sites for hydroxylation is 1. The third-order valence-corrected chi connectivity index (χ3v) is 4.25. The minimum absolute atomic E-state index is 0.191. The number of hydrogen-bond acceptors (Lipinski definition) is 4. The number of para-hydroxylation sites is 1. The molecule has 1 N–H and O–H groups in total. The normalized spacial score (nSPS) is 10.4. The molecule has 1 amide bonds. The highest BCUT2D eigenvalue weighted by Crippen LogP contribution is 2.22. The first-order chi connectivity index (χ1) is 12.0. The number of anilines is 3. The van der Waals surface area contributed by atoms with Crippen LogP contribution in [-0.2, 0) is 0 Å². The van der Waals surface area contributed by atoms with Crippen molar-refractivity contribution in [3.05, 3.63) is 76.5 Å². The van der Waals surface area contributed by atoms with Gasteiger partial charge in [0, 0.05) is 29.1 Å². The van der Waals surface area contributed by atoms with E-state index in [9.17, 15) is 4.79 Å². The van der Waals surface area contributed by atoms with Crippen LogP contribution in [0.25, 0.3) is 0 Å². The van der Waals surface area contributed by atoms with Gasteiger partial charge in [-0.1, -0.05) is 34.1 Å². The van der Waals surface area contributed by atoms with Crippen molar-refractivity contribution in [2.75, 3.05) is 17.3 Å². The topological polar surface area (TPSA) is 58.1 Å². The number of halogens is 1. The zero-order valence-electron chi connectivity index (χ0n) is 13.9. The molecule has 0 radical (unpaired) electrons. The maximum atomic E-state index is 12.7. The molecule has 0 saturated carbocycles. The fourth-order valence-corrected chi connectivity index (χ4v) is 2.84. The average Bonchev–Trinajstić information content (AvgIpc) is 2.64. The Morgan fingerprint density at radius 1 is 1.12 bits per heavy atom. The van der Waals surface area contributed by atoms with Crippen molar-refractivity contribution in [3.63, 3.8) is 0 Å². The average molecular weight is 397 g/mol. The summed E-state index contributed by atoms with van der Waals surface area (Å²) >= 11 is 3.44. The molecular formula is C19H17BrN4O. The van der Waals surface area contributed by atoms with Crippen LogP contribution in [0.3, 0.4) is 0 Å². The molecule has 126 valence electrons. The number of carbonyl (C=O) groups excluding carboxylic acids is 1. The fourth-order valence-electron chi connectivity index (χ4n) is 2.37. The van der Waals surface area contributed by atoms with Gasteiger partial charge in [-0.25, -0.2) is 9.97 Å². The Balaban J connectivity index is 1.82. The quantitative estimate of drug-likeness (QED) is 0.701. The highest BCUT2D eigenvalue weighted by molar-refractivity contribution is 9.10. The zero-order chi connectivity index (χ0) is 17.8. The van der Waals surface area contributed by atoms with E-state index in [1.807, 2.05) is 55.5 Å².